The summed E-state index contributed by atoms with van der Waals surface area (Å²) in [5.41, 5.74) is 7.03. The highest BCUT2D eigenvalue weighted by Crippen LogP contribution is 2.49. The number of carbonyl (C=O) groups is 2. The van der Waals surface area contributed by atoms with Crippen LogP contribution in [-0.2, 0) is 23.8 Å². The van der Waals surface area contributed by atoms with E-state index in [1.54, 1.807) is 24.3 Å². The van der Waals surface area contributed by atoms with E-state index in [1.165, 1.54) is 7.11 Å². The van der Waals surface area contributed by atoms with Crippen molar-refractivity contribution in [2.75, 3.05) is 20.3 Å². The molecule has 1 aliphatic carbocycles. The first-order valence-electron chi connectivity index (χ1n) is 9.09. The first kappa shape index (κ1) is 20.4. The molecule has 0 radical (unpaired) electrons. The average molecular weight is 406 g/mol. The van der Waals surface area contributed by atoms with Crippen LogP contribution in [0.2, 0.25) is 5.02 Å². The number of hydrogen-bond acceptors (Lipinski definition) is 6. The summed E-state index contributed by atoms with van der Waals surface area (Å²) < 4.78 is 16.0. The van der Waals surface area contributed by atoms with E-state index in [4.69, 9.17) is 31.5 Å². The second-order valence-electron chi connectivity index (χ2n) is 7.74. The minimum Gasteiger partial charge on any atom is -0.460 e. The van der Waals surface area contributed by atoms with Crippen LogP contribution >= 0.6 is 11.6 Å². The van der Waals surface area contributed by atoms with E-state index in [0.717, 1.165) is 0 Å². The third kappa shape index (κ3) is 3.93. The molecule has 1 atom stereocenters. The molecule has 1 aromatic rings. The summed E-state index contributed by atoms with van der Waals surface area (Å²) in [7, 11) is 1.51. The van der Waals surface area contributed by atoms with E-state index >= 15 is 0 Å². The van der Waals surface area contributed by atoms with Gasteiger partial charge in [0.2, 0.25) is 5.88 Å². The number of esters is 1. The zero-order chi connectivity index (χ0) is 20.5. The molecule has 0 amide bonds. The fraction of sp³-hybridized carbons (Fsp3) is 0.429. The summed E-state index contributed by atoms with van der Waals surface area (Å²) in [5, 5.41) is 0.439. The second kappa shape index (κ2) is 7.97. The summed E-state index contributed by atoms with van der Waals surface area (Å²) in [5.74, 6) is -1.01. The van der Waals surface area contributed by atoms with Crippen molar-refractivity contribution >= 4 is 23.4 Å². The van der Waals surface area contributed by atoms with Gasteiger partial charge in [0.1, 0.15) is 17.9 Å². The van der Waals surface area contributed by atoms with Crippen LogP contribution in [0.5, 0.6) is 0 Å². The smallest absolute Gasteiger partial charge is 0.340 e. The van der Waals surface area contributed by atoms with Gasteiger partial charge in [-0.15, -0.1) is 0 Å². The van der Waals surface area contributed by atoms with Crippen molar-refractivity contribution in [2.24, 2.45) is 11.1 Å². The summed E-state index contributed by atoms with van der Waals surface area (Å²) in [6.07, 6.45) is 0.893. The van der Waals surface area contributed by atoms with Crippen molar-refractivity contribution in [3.8, 4) is 0 Å². The van der Waals surface area contributed by atoms with Crippen LogP contribution in [0.4, 0.5) is 0 Å². The van der Waals surface area contributed by atoms with E-state index in [-0.39, 0.29) is 35.9 Å². The predicted octanol–water partition coefficient (Wildman–Crippen LogP) is 3.46. The van der Waals surface area contributed by atoms with Crippen LogP contribution in [0.25, 0.3) is 0 Å². The highest BCUT2D eigenvalue weighted by atomic mass is 35.5. The predicted molar refractivity (Wildman–Crippen MR) is 104 cm³/mol. The molecule has 0 saturated carbocycles. The van der Waals surface area contributed by atoms with E-state index < -0.39 is 11.9 Å². The number of carbonyl (C=O) groups excluding carboxylic acids is 2. The molecule has 150 valence electrons. The Kier molecular flexibility index (Phi) is 5.82. The van der Waals surface area contributed by atoms with Gasteiger partial charge in [0.15, 0.2) is 5.78 Å². The lowest BCUT2D eigenvalue weighted by molar-refractivity contribution is -0.140. The van der Waals surface area contributed by atoms with Gasteiger partial charge >= 0.3 is 5.97 Å². The Balaban J connectivity index is 2.11. The zero-order valence-electron chi connectivity index (χ0n) is 16.2. The van der Waals surface area contributed by atoms with E-state index in [2.05, 4.69) is 0 Å². The summed E-state index contributed by atoms with van der Waals surface area (Å²) in [6, 6.07) is 7.09. The average Bonchev–Trinajstić information content (AvgIpc) is 2.60. The lowest BCUT2D eigenvalue weighted by Crippen LogP contribution is -2.36. The molecule has 0 bridgehead atoms. The molecule has 3 rings (SSSR count). The molecule has 1 aromatic carbocycles. The Bertz CT molecular complexity index is 871. The van der Waals surface area contributed by atoms with Crippen LogP contribution in [0.15, 0.2) is 47.1 Å². The molecule has 1 aliphatic heterocycles. The molecule has 6 nitrogen and oxygen atoms in total. The molecular weight excluding hydrogens is 382 g/mol. The van der Waals surface area contributed by atoms with Gasteiger partial charge in [-0.25, -0.2) is 4.79 Å². The maximum absolute atomic E-state index is 13.1. The Morgan fingerprint density at radius 3 is 2.68 bits per heavy atom. The summed E-state index contributed by atoms with van der Waals surface area (Å²) >= 11 is 6.43. The third-order valence-electron chi connectivity index (χ3n) is 4.91. The first-order chi connectivity index (χ1) is 13.2. The van der Waals surface area contributed by atoms with Crippen molar-refractivity contribution in [3.63, 3.8) is 0 Å². The topological polar surface area (TPSA) is 87.8 Å². The Morgan fingerprint density at radius 1 is 1.29 bits per heavy atom. The normalized spacial score (nSPS) is 21.3. The molecule has 0 unspecified atom stereocenters. The molecule has 2 N–H and O–H groups in total. The van der Waals surface area contributed by atoms with Gasteiger partial charge in [-0.3, -0.25) is 4.79 Å². The standard InChI is InChI=1S/C21H24ClNO5/c1-21(2)10-14(24)17-15(11-21)28-19(23)18(20(25)27-9-8-26-3)16(17)12-6-4-5-7-13(12)22/h4-7,16H,8-11,23H2,1-3H3/t16-/m1/s1. The van der Waals surface area contributed by atoms with Crippen molar-refractivity contribution in [1.29, 1.82) is 0 Å². The Hall–Kier alpha value is -2.31. The number of Topliss-reactive ketones (excluding diaryl/α,β-unsaturated/α-hetero) is 1. The molecule has 28 heavy (non-hydrogen) atoms. The van der Waals surface area contributed by atoms with E-state index in [0.29, 0.717) is 34.8 Å². The van der Waals surface area contributed by atoms with Crippen LogP contribution in [0.3, 0.4) is 0 Å². The molecule has 2 aliphatic rings. The number of halogens is 1. The minimum atomic E-state index is -0.726. The number of rotatable bonds is 5. The molecule has 0 aromatic heterocycles. The zero-order valence-corrected chi connectivity index (χ0v) is 17.0. The van der Waals surface area contributed by atoms with Gasteiger partial charge < -0.3 is 19.9 Å². The SMILES string of the molecule is COCCOC(=O)C1=C(N)OC2=C(C(=O)CC(C)(C)C2)[C@H]1c1ccccc1Cl. The highest BCUT2D eigenvalue weighted by Gasteiger charge is 2.45. The summed E-state index contributed by atoms with van der Waals surface area (Å²) in [4.78, 5) is 25.9. The lowest BCUT2D eigenvalue weighted by atomic mass is 9.70. The van der Waals surface area contributed by atoms with Gasteiger partial charge in [-0.05, 0) is 17.0 Å². The number of ether oxygens (including phenoxy) is 3. The summed E-state index contributed by atoms with van der Waals surface area (Å²) in [6.45, 7) is 4.31. The number of nitrogens with two attached hydrogens (primary N) is 1. The van der Waals surface area contributed by atoms with Crippen molar-refractivity contribution in [3.05, 3.63) is 57.6 Å². The highest BCUT2D eigenvalue weighted by molar-refractivity contribution is 6.31. The quantitative estimate of drug-likeness (QED) is 0.596. The molecule has 7 heteroatoms. The van der Waals surface area contributed by atoms with Gasteiger partial charge in [-0.1, -0.05) is 43.6 Å². The number of allylic oxidation sites excluding steroid dienone is 2. The molecule has 0 fully saturated rings. The van der Waals surface area contributed by atoms with Gasteiger partial charge in [0, 0.05) is 30.5 Å². The van der Waals surface area contributed by atoms with Crippen LogP contribution in [0.1, 0.15) is 38.2 Å². The van der Waals surface area contributed by atoms with Gasteiger partial charge in [0.25, 0.3) is 0 Å². The minimum absolute atomic E-state index is 0.0587. The number of hydrogen-bond donors (Lipinski definition) is 1. The second-order valence-corrected chi connectivity index (χ2v) is 8.15. The monoisotopic (exact) mass is 405 g/mol. The van der Waals surface area contributed by atoms with Gasteiger partial charge in [-0.2, -0.15) is 0 Å². The van der Waals surface area contributed by atoms with Gasteiger partial charge in [0.05, 0.1) is 12.5 Å². The number of benzene rings is 1. The van der Waals surface area contributed by atoms with E-state index in [1.807, 2.05) is 13.8 Å². The number of methoxy groups -OCH3 is 1. The van der Waals surface area contributed by atoms with Crippen molar-refractivity contribution in [2.45, 2.75) is 32.6 Å². The molecule has 0 saturated heterocycles. The maximum Gasteiger partial charge on any atom is 0.340 e. The fourth-order valence-corrected chi connectivity index (χ4v) is 3.94. The molecule has 1 heterocycles. The number of ketones is 1. The fourth-order valence-electron chi connectivity index (χ4n) is 3.70. The van der Waals surface area contributed by atoms with Crippen molar-refractivity contribution in [1.82, 2.24) is 0 Å². The third-order valence-corrected chi connectivity index (χ3v) is 5.26. The van der Waals surface area contributed by atoms with Crippen LogP contribution in [0, 0.1) is 5.41 Å². The van der Waals surface area contributed by atoms with Crippen LogP contribution in [-0.4, -0.2) is 32.1 Å². The van der Waals surface area contributed by atoms with E-state index in [9.17, 15) is 9.59 Å². The molecule has 0 spiro atoms. The maximum atomic E-state index is 13.1. The Morgan fingerprint density at radius 2 is 2.00 bits per heavy atom. The first-order valence-corrected chi connectivity index (χ1v) is 9.47. The van der Waals surface area contributed by atoms with Crippen LogP contribution < -0.4 is 5.73 Å². The largest absolute Gasteiger partial charge is 0.460 e. The van der Waals surface area contributed by atoms with Crippen molar-refractivity contribution < 1.29 is 23.8 Å². The lowest BCUT2D eigenvalue weighted by Gasteiger charge is -2.38. The molecular formula is C21H24ClNO5. The Labute approximate surface area is 169 Å².